The maximum absolute atomic E-state index is 15.0. The molecule has 12 heteroatoms. The predicted molar refractivity (Wildman–Crippen MR) is 140 cm³/mol. The summed E-state index contributed by atoms with van der Waals surface area (Å²) in [5, 5.41) is 14.7. The number of hydrogen-bond acceptors (Lipinski definition) is 8. The molecule has 0 aliphatic heterocycles. The zero-order valence-electron chi connectivity index (χ0n) is 20.1. The second kappa shape index (κ2) is 9.90. The third-order valence-electron chi connectivity index (χ3n) is 6.67. The molecule has 0 saturated heterocycles. The van der Waals surface area contributed by atoms with Crippen LogP contribution in [0.1, 0.15) is 40.8 Å². The van der Waals surface area contributed by atoms with E-state index in [-0.39, 0.29) is 5.01 Å². The lowest BCUT2D eigenvalue weighted by Gasteiger charge is -2.36. The molecule has 1 fully saturated rings. The van der Waals surface area contributed by atoms with Gasteiger partial charge >= 0.3 is 0 Å². The van der Waals surface area contributed by atoms with Crippen LogP contribution in [0.25, 0.3) is 34.0 Å². The number of aromatic nitrogens is 5. The average molecular weight is 553 g/mol. The molecule has 1 aromatic carbocycles. The first-order chi connectivity index (χ1) is 18.4. The molecule has 194 valence electrons. The van der Waals surface area contributed by atoms with Crippen molar-refractivity contribution in [2.75, 3.05) is 0 Å². The minimum absolute atomic E-state index is 0.224. The number of thiazole rings is 1. The average Bonchev–Trinajstić information content (AvgIpc) is 3.63. The molecule has 9 nitrogen and oxygen atoms in total. The van der Waals surface area contributed by atoms with Gasteiger partial charge in [0.2, 0.25) is 5.89 Å². The van der Waals surface area contributed by atoms with Gasteiger partial charge in [-0.05, 0) is 44.4 Å². The van der Waals surface area contributed by atoms with Gasteiger partial charge in [-0.25, -0.2) is 24.3 Å². The Labute approximate surface area is 225 Å². The lowest BCUT2D eigenvalue weighted by Crippen LogP contribution is -2.49. The number of amides is 1. The Morgan fingerprint density at radius 2 is 2.08 bits per heavy atom. The van der Waals surface area contributed by atoms with Crippen LogP contribution in [0.4, 0.5) is 4.39 Å². The minimum atomic E-state index is -0.980. The number of aliphatic hydroxyl groups excluding tert-OH is 1. The molecule has 4 heterocycles. The van der Waals surface area contributed by atoms with Crippen molar-refractivity contribution < 1.29 is 18.7 Å². The number of hydrogen-bond donors (Lipinski definition) is 2. The van der Waals surface area contributed by atoms with Gasteiger partial charge in [-0.2, -0.15) is 0 Å². The summed E-state index contributed by atoms with van der Waals surface area (Å²) >= 11 is 7.01. The Bertz CT molecular complexity index is 1650. The van der Waals surface area contributed by atoms with Crippen molar-refractivity contribution in [3.8, 4) is 23.0 Å². The molecular weight excluding hydrogens is 531 g/mol. The fraction of sp³-hybridized carbons (Fsp3) is 0.269. The standard InChI is InChI=1S/C26H22ClFN6O3S/c1-13-12-37-25(31-13)17-9-20-18(10-29-17)32-23(14-5-2-3-6-15(14)28)34(20)19-8-4-7-16(22(19)35)33-24(36)26-30-11-21(27)38-26/h2-3,5-6,9-12,16,19,22,35H,4,7-8H2,1H3,(H,33,36)/t16-,19+,22+/m0/s1. The maximum Gasteiger partial charge on any atom is 0.280 e. The second-order valence-electron chi connectivity index (χ2n) is 9.18. The molecule has 4 aromatic heterocycles. The van der Waals surface area contributed by atoms with E-state index >= 15 is 4.39 Å². The highest BCUT2D eigenvalue weighted by molar-refractivity contribution is 7.17. The zero-order chi connectivity index (χ0) is 26.4. The van der Waals surface area contributed by atoms with Crippen molar-refractivity contribution in [3.63, 3.8) is 0 Å². The monoisotopic (exact) mass is 552 g/mol. The molecule has 1 saturated carbocycles. The van der Waals surface area contributed by atoms with E-state index in [9.17, 15) is 9.90 Å². The van der Waals surface area contributed by atoms with E-state index in [1.165, 1.54) is 18.5 Å². The van der Waals surface area contributed by atoms with E-state index in [2.05, 4.69) is 20.3 Å². The topological polar surface area (TPSA) is 119 Å². The zero-order valence-corrected chi connectivity index (χ0v) is 21.7. The van der Waals surface area contributed by atoms with Crippen LogP contribution in [0.2, 0.25) is 4.34 Å². The van der Waals surface area contributed by atoms with E-state index in [0.717, 1.165) is 17.8 Å². The lowest BCUT2D eigenvalue weighted by atomic mass is 9.87. The van der Waals surface area contributed by atoms with E-state index < -0.39 is 29.9 Å². The van der Waals surface area contributed by atoms with Crippen LogP contribution in [-0.4, -0.2) is 47.7 Å². The third-order valence-corrected chi connectivity index (χ3v) is 7.78. The number of benzene rings is 1. The Hall–Kier alpha value is -3.67. The highest BCUT2D eigenvalue weighted by atomic mass is 35.5. The molecule has 38 heavy (non-hydrogen) atoms. The van der Waals surface area contributed by atoms with Gasteiger partial charge in [-0.1, -0.05) is 35.1 Å². The summed E-state index contributed by atoms with van der Waals surface area (Å²) in [5.41, 5.74) is 2.68. The lowest BCUT2D eigenvalue weighted by molar-refractivity contribution is 0.0417. The fourth-order valence-corrected chi connectivity index (χ4v) is 5.76. The van der Waals surface area contributed by atoms with Crippen LogP contribution in [0.5, 0.6) is 0 Å². The third kappa shape index (κ3) is 4.46. The number of halogens is 2. The first-order valence-electron chi connectivity index (χ1n) is 12.0. The Kier molecular flexibility index (Phi) is 6.42. The van der Waals surface area contributed by atoms with Crippen molar-refractivity contribution in [1.29, 1.82) is 0 Å². The SMILES string of the molecule is Cc1coc(-c2cc3c(cn2)nc(-c2ccccc2F)n3[C@@H]2CCC[C@H](NC(=O)c3ncc(Cl)s3)[C@H]2O)n1. The normalized spacial score (nSPS) is 19.6. The van der Waals surface area contributed by atoms with Gasteiger partial charge in [-0.3, -0.25) is 4.79 Å². The predicted octanol–water partition coefficient (Wildman–Crippen LogP) is 5.20. The van der Waals surface area contributed by atoms with Crippen molar-refractivity contribution in [2.45, 2.75) is 44.4 Å². The van der Waals surface area contributed by atoms with Crippen LogP contribution in [0.15, 0.2) is 53.4 Å². The second-order valence-corrected chi connectivity index (χ2v) is 10.8. The number of imidazole rings is 1. The summed E-state index contributed by atoms with van der Waals surface area (Å²) in [6.07, 6.45) is 5.46. The molecule has 6 rings (SSSR count). The number of pyridine rings is 1. The molecule has 3 atom stereocenters. The molecule has 1 aliphatic carbocycles. The molecular formula is C26H22ClFN6O3S. The molecule has 2 N–H and O–H groups in total. The van der Waals surface area contributed by atoms with Crippen LogP contribution >= 0.6 is 22.9 Å². The van der Waals surface area contributed by atoms with Gasteiger partial charge in [-0.15, -0.1) is 0 Å². The van der Waals surface area contributed by atoms with Gasteiger partial charge in [0.1, 0.15) is 33.5 Å². The largest absolute Gasteiger partial charge is 0.443 e. The van der Waals surface area contributed by atoms with Crippen molar-refractivity contribution >= 4 is 39.9 Å². The van der Waals surface area contributed by atoms with E-state index in [4.69, 9.17) is 21.0 Å². The number of carbonyl (C=O) groups is 1. The number of nitrogens with zero attached hydrogens (tertiary/aromatic N) is 5. The Balaban J connectivity index is 1.44. The van der Waals surface area contributed by atoms with Crippen LogP contribution in [0, 0.1) is 12.7 Å². The van der Waals surface area contributed by atoms with Crippen molar-refractivity contribution in [1.82, 2.24) is 29.8 Å². The van der Waals surface area contributed by atoms with Gasteiger partial charge < -0.3 is 19.4 Å². The molecule has 0 unspecified atom stereocenters. The summed E-state index contributed by atoms with van der Waals surface area (Å²) < 4.78 is 22.8. The highest BCUT2D eigenvalue weighted by Crippen LogP contribution is 2.38. The van der Waals surface area contributed by atoms with Gasteiger partial charge in [0.15, 0.2) is 5.01 Å². The van der Waals surface area contributed by atoms with Crippen LogP contribution in [-0.2, 0) is 0 Å². The van der Waals surface area contributed by atoms with Gasteiger partial charge in [0.25, 0.3) is 5.91 Å². The number of fused-ring (bicyclic) bond motifs is 1. The fourth-order valence-electron chi connectivity index (χ4n) is 4.94. The maximum atomic E-state index is 15.0. The minimum Gasteiger partial charge on any atom is -0.443 e. The summed E-state index contributed by atoms with van der Waals surface area (Å²) in [6, 6.07) is 7.10. The van der Waals surface area contributed by atoms with Crippen molar-refractivity contribution in [3.05, 3.63) is 69.8 Å². The number of aliphatic hydroxyl groups is 1. The number of rotatable bonds is 5. The van der Waals surface area contributed by atoms with E-state index in [0.29, 0.717) is 56.9 Å². The van der Waals surface area contributed by atoms with Gasteiger partial charge in [0.05, 0.1) is 47.4 Å². The molecule has 1 aliphatic rings. The number of carbonyl (C=O) groups excluding carboxylic acids is 1. The highest BCUT2D eigenvalue weighted by Gasteiger charge is 2.37. The number of oxazole rings is 1. The molecule has 5 aromatic rings. The molecule has 0 radical (unpaired) electrons. The number of nitrogens with one attached hydrogen (secondary N) is 1. The smallest absolute Gasteiger partial charge is 0.280 e. The Morgan fingerprint density at radius 1 is 1.24 bits per heavy atom. The van der Waals surface area contributed by atoms with E-state index in [1.807, 2.05) is 11.5 Å². The quantitative estimate of drug-likeness (QED) is 0.308. The van der Waals surface area contributed by atoms with E-state index in [1.54, 1.807) is 30.5 Å². The number of aryl methyl sites for hydroxylation is 1. The first kappa shape index (κ1) is 24.7. The van der Waals surface area contributed by atoms with Crippen LogP contribution < -0.4 is 5.32 Å². The van der Waals surface area contributed by atoms with Crippen molar-refractivity contribution in [2.24, 2.45) is 0 Å². The molecule has 1 amide bonds. The summed E-state index contributed by atoms with van der Waals surface area (Å²) in [7, 11) is 0. The summed E-state index contributed by atoms with van der Waals surface area (Å²) in [6.45, 7) is 1.82. The van der Waals surface area contributed by atoms with Gasteiger partial charge in [0, 0.05) is 0 Å². The van der Waals surface area contributed by atoms with Crippen LogP contribution in [0.3, 0.4) is 0 Å². The summed E-state index contributed by atoms with van der Waals surface area (Å²) in [4.78, 5) is 30.4. The molecule has 0 bridgehead atoms. The Morgan fingerprint density at radius 3 is 2.82 bits per heavy atom. The molecule has 0 spiro atoms. The first-order valence-corrected chi connectivity index (χ1v) is 13.2. The summed E-state index contributed by atoms with van der Waals surface area (Å²) in [5.74, 6) is -0.122.